The zero-order valence-corrected chi connectivity index (χ0v) is 18.4. The average Bonchev–Trinajstić information content (AvgIpc) is 2.83. The van der Waals surface area contributed by atoms with Crippen molar-refractivity contribution in [1.29, 1.82) is 5.26 Å². The van der Waals surface area contributed by atoms with Crippen LogP contribution in [0.2, 0.25) is 0 Å². The highest BCUT2D eigenvalue weighted by atomic mass is 32.2. The minimum atomic E-state index is -0.185. The van der Waals surface area contributed by atoms with E-state index < -0.39 is 0 Å². The lowest BCUT2D eigenvalue weighted by Crippen LogP contribution is -2.35. The van der Waals surface area contributed by atoms with E-state index in [1.807, 2.05) is 60.7 Å². The van der Waals surface area contributed by atoms with Gasteiger partial charge >= 0.3 is 0 Å². The maximum atomic E-state index is 13.0. The molecule has 0 bridgehead atoms. The van der Waals surface area contributed by atoms with E-state index in [2.05, 4.69) is 11.4 Å². The molecule has 1 aliphatic heterocycles. The Bertz CT molecular complexity index is 1170. The largest absolute Gasteiger partial charge is 0.322 e. The van der Waals surface area contributed by atoms with Crippen LogP contribution in [-0.4, -0.2) is 18.4 Å². The smallest absolute Gasteiger partial charge is 0.256 e. The van der Waals surface area contributed by atoms with Crippen molar-refractivity contribution in [3.8, 4) is 6.07 Å². The number of nitrogens with zero attached hydrogens (tertiary/aromatic N) is 2. The van der Waals surface area contributed by atoms with Gasteiger partial charge in [0.2, 0.25) is 5.91 Å². The maximum Gasteiger partial charge on any atom is 0.256 e. The third-order valence-corrected chi connectivity index (χ3v) is 6.49. The van der Waals surface area contributed by atoms with Gasteiger partial charge in [0.05, 0.1) is 17.2 Å². The minimum Gasteiger partial charge on any atom is -0.322 e. The molecule has 1 fully saturated rings. The fourth-order valence-electron chi connectivity index (χ4n) is 3.65. The summed E-state index contributed by atoms with van der Waals surface area (Å²) >= 11 is 1.58. The molecule has 1 N–H and O–H groups in total. The van der Waals surface area contributed by atoms with Crippen molar-refractivity contribution in [2.75, 3.05) is 16.8 Å². The summed E-state index contributed by atoms with van der Waals surface area (Å²) in [4.78, 5) is 28.0. The lowest BCUT2D eigenvalue weighted by Gasteiger charge is -2.27. The van der Waals surface area contributed by atoms with Crippen LogP contribution in [0.4, 0.5) is 11.4 Å². The van der Waals surface area contributed by atoms with Crippen LogP contribution < -0.4 is 10.2 Å². The molecule has 0 spiro atoms. The molecule has 2 amide bonds. The molecule has 5 nitrogen and oxygen atoms in total. The first-order chi connectivity index (χ1) is 15.6. The van der Waals surface area contributed by atoms with Crippen LogP contribution in [0.3, 0.4) is 0 Å². The molecule has 1 heterocycles. The Hall–Kier alpha value is -3.56. The van der Waals surface area contributed by atoms with Crippen molar-refractivity contribution in [2.24, 2.45) is 0 Å². The normalized spacial score (nSPS) is 13.5. The summed E-state index contributed by atoms with van der Waals surface area (Å²) in [7, 11) is 0. The van der Waals surface area contributed by atoms with Gasteiger partial charge in [-0.2, -0.15) is 5.26 Å². The van der Waals surface area contributed by atoms with Crippen LogP contribution in [0.25, 0.3) is 0 Å². The number of thioether (sulfide) groups is 1. The van der Waals surface area contributed by atoms with Crippen molar-refractivity contribution in [2.45, 2.75) is 29.9 Å². The lowest BCUT2D eigenvalue weighted by atomic mass is 10.1. The highest BCUT2D eigenvalue weighted by Crippen LogP contribution is 2.28. The van der Waals surface area contributed by atoms with E-state index in [1.165, 1.54) is 0 Å². The third kappa shape index (κ3) is 5.19. The van der Waals surface area contributed by atoms with E-state index in [0.29, 0.717) is 35.5 Å². The summed E-state index contributed by atoms with van der Waals surface area (Å²) in [6.45, 7) is 0.713. The van der Waals surface area contributed by atoms with Crippen molar-refractivity contribution in [1.82, 2.24) is 0 Å². The van der Waals surface area contributed by atoms with Gasteiger partial charge < -0.3 is 10.2 Å². The summed E-state index contributed by atoms with van der Waals surface area (Å²) in [5.74, 6) is 0.641. The first-order valence-electron chi connectivity index (χ1n) is 10.6. The Balaban J connectivity index is 1.46. The molecule has 0 unspecified atom stereocenters. The Kier molecular flexibility index (Phi) is 6.88. The zero-order valence-electron chi connectivity index (χ0n) is 17.6. The predicted octanol–water partition coefficient (Wildman–Crippen LogP) is 5.62. The molecule has 3 aromatic rings. The van der Waals surface area contributed by atoms with E-state index in [1.54, 1.807) is 28.8 Å². The number of piperidine rings is 1. The van der Waals surface area contributed by atoms with Crippen LogP contribution >= 0.6 is 11.8 Å². The lowest BCUT2D eigenvalue weighted by molar-refractivity contribution is -0.119. The van der Waals surface area contributed by atoms with Crippen LogP contribution in [0.15, 0.2) is 77.7 Å². The van der Waals surface area contributed by atoms with Gasteiger partial charge in [-0.25, -0.2) is 0 Å². The number of benzene rings is 3. The predicted molar refractivity (Wildman–Crippen MR) is 128 cm³/mol. The van der Waals surface area contributed by atoms with Gasteiger partial charge in [0.1, 0.15) is 0 Å². The SMILES string of the molecule is N#Cc1ccc(CSc2ccccc2C(=O)Nc2cccc(N3CCCCC3=O)c2)cc1. The molecule has 4 rings (SSSR count). The highest BCUT2D eigenvalue weighted by molar-refractivity contribution is 7.98. The van der Waals surface area contributed by atoms with Gasteiger partial charge in [-0.05, 0) is 60.9 Å². The summed E-state index contributed by atoms with van der Waals surface area (Å²) in [6.07, 6.45) is 2.50. The van der Waals surface area contributed by atoms with Crippen molar-refractivity contribution < 1.29 is 9.59 Å². The maximum absolute atomic E-state index is 13.0. The van der Waals surface area contributed by atoms with E-state index >= 15 is 0 Å². The number of amides is 2. The van der Waals surface area contributed by atoms with Crippen molar-refractivity contribution in [3.05, 3.63) is 89.5 Å². The minimum absolute atomic E-state index is 0.129. The molecular weight excluding hydrogens is 418 g/mol. The molecule has 0 atom stereocenters. The van der Waals surface area contributed by atoms with Crippen LogP contribution in [0.1, 0.15) is 40.7 Å². The number of carbonyl (C=O) groups excluding carboxylic acids is 2. The van der Waals surface area contributed by atoms with Crippen LogP contribution in [0, 0.1) is 11.3 Å². The number of nitriles is 1. The second kappa shape index (κ2) is 10.2. The first kappa shape index (κ1) is 21.7. The molecule has 160 valence electrons. The number of carbonyl (C=O) groups is 2. The van der Waals surface area contributed by atoms with Crippen molar-refractivity contribution in [3.63, 3.8) is 0 Å². The highest BCUT2D eigenvalue weighted by Gasteiger charge is 2.20. The monoisotopic (exact) mass is 441 g/mol. The van der Waals surface area contributed by atoms with E-state index in [0.717, 1.165) is 29.0 Å². The van der Waals surface area contributed by atoms with E-state index in [9.17, 15) is 9.59 Å². The number of anilines is 2. The van der Waals surface area contributed by atoms with Gasteiger partial charge in [-0.3, -0.25) is 9.59 Å². The van der Waals surface area contributed by atoms with Gasteiger partial charge in [0, 0.05) is 35.0 Å². The van der Waals surface area contributed by atoms with Gasteiger partial charge in [0.15, 0.2) is 0 Å². The molecule has 3 aromatic carbocycles. The quantitative estimate of drug-likeness (QED) is 0.504. The van der Waals surface area contributed by atoms with Gasteiger partial charge in [-0.15, -0.1) is 11.8 Å². The summed E-state index contributed by atoms with van der Waals surface area (Å²) in [5.41, 5.74) is 3.80. The van der Waals surface area contributed by atoms with E-state index in [-0.39, 0.29) is 11.8 Å². The Morgan fingerprint density at radius 1 is 1.03 bits per heavy atom. The molecule has 32 heavy (non-hydrogen) atoms. The summed E-state index contributed by atoms with van der Waals surface area (Å²) < 4.78 is 0. The first-order valence-corrected chi connectivity index (χ1v) is 11.6. The second-order valence-electron chi connectivity index (χ2n) is 7.60. The van der Waals surface area contributed by atoms with Crippen LogP contribution in [0.5, 0.6) is 0 Å². The standard InChI is InChI=1S/C26H23N3O2S/c27-17-19-11-13-20(14-12-19)18-32-24-9-2-1-8-23(24)26(31)28-21-6-5-7-22(16-21)29-15-4-3-10-25(29)30/h1-2,5-9,11-14,16H,3-4,10,15,18H2,(H,28,31). The average molecular weight is 442 g/mol. The molecular formula is C26H23N3O2S. The van der Waals surface area contributed by atoms with Gasteiger partial charge in [-0.1, -0.05) is 30.3 Å². The third-order valence-electron chi connectivity index (χ3n) is 5.35. The fraction of sp³-hybridized carbons (Fsp3) is 0.192. The fourth-order valence-corrected chi connectivity index (χ4v) is 4.65. The Morgan fingerprint density at radius 3 is 2.62 bits per heavy atom. The molecule has 1 saturated heterocycles. The molecule has 0 aliphatic carbocycles. The van der Waals surface area contributed by atoms with Gasteiger partial charge in [0.25, 0.3) is 5.91 Å². The second-order valence-corrected chi connectivity index (χ2v) is 8.62. The number of hydrogen-bond acceptors (Lipinski definition) is 4. The molecule has 0 radical (unpaired) electrons. The number of hydrogen-bond donors (Lipinski definition) is 1. The molecule has 0 saturated carbocycles. The Morgan fingerprint density at radius 2 is 1.84 bits per heavy atom. The summed E-state index contributed by atoms with van der Waals surface area (Å²) in [5, 5.41) is 11.9. The number of rotatable bonds is 6. The summed E-state index contributed by atoms with van der Waals surface area (Å²) in [6, 6.07) is 24.6. The van der Waals surface area contributed by atoms with E-state index in [4.69, 9.17) is 5.26 Å². The zero-order chi connectivity index (χ0) is 22.3. The molecule has 1 aliphatic rings. The Labute approximate surface area is 192 Å². The number of nitrogens with one attached hydrogen (secondary N) is 1. The molecule has 6 heteroatoms. The van der Waals surface area contributed by atoms with Crippen LogP contribution in [-0.2, 0) is 10.5 Å². The van der Waals surface area contributed by atoms with Crippen molar-refractivity contribution >= 4 is 35.0 Å². The molecule has 0 aromatic heterocycles. The topological polar surface area (TPSA) is 73.2 Å².